The van der Waals surface area contributed by atoms with Crippen molar-refractivity contribution in [2.75, 3.05) is 5.32 Å². The van der Waals surface area contributed by atoms with Gasteiger partial charge in [0, 0.05) is 11.3 Å². The lowest BCUT2D eigenvalue weighted by Gasteiger charge is -2.39. The molecule has 5 rings (SSSR count). The van der Waals surface area contributed by atoms with E-state index in [-0.39, 0.29) is 12.2 Å². The molecule has 35 heavy (non-hydrogen) atoms. The molecule has 1 aliphatic rings. The average molecular weight is 525 g/mol. The van der Waals surface area contributed by atoms with Gasteiger partial charge in [-0.2, -0.15) is 15.7 Å². The average Bonchev–Trinajstić information content (AvgIpc) is 3.40. The van der Waals surface area contributed by atoms with E-state index in [0.29, 0.717) is 27.1 Å². The number of hydrogen-bond acceptors (Lipinski definition) is 7. The molecule has 0 bridgehead atoms. The van der Waals surface area contributed by atoms with Gasteiger partial charge in [-0.3, -0.25) is 9.59 Å². The van der Waals surface area contributed by atoms with Crippen LogP contribution in [0.15, 0.2) is 82.5 Å². The van der Waals surface area contributed by atoms with Crippen molar-refractivity contribution in [1.82, 2.24) is 15.3 Å². The van der Waals surface area contributed by atoms with Crippen LogP contribution in [-0.4, -0.2) is 26.9 Å². The van der Waals surface area contributed by atoms with Crippen LogP contribution in [0, 0.1) is 5.95 Å². The van der Waals surface area contributed by atoms with Crippen LogP contribution in [-0.2, 0) is 15.1 Å². The maximum Gasteiger partial charge on any atom is 0.242 e. The second-order valence-electron chi connectivity index (χ2n) is 7.88. The van der Waals surface area contributed by atoms with Crippen molar-refractivity contribution in [2.24, 2.45) is 0 Å². The van der Waals surface area contributed by atoms with Crippen LogP contribution in [0.4, 0.5) is 15.9 Å². The molecule has 176 valence electrons. The van der Waals surface area contributed by atoms with Crippen molar-refractivity contribution < 1.29 is 14.0 Å². The lowest BCUT2D eigenvalue weighted by Crippen LogP contribution is -2.58. The molecule has 1 aromatic carbocycles. The molecule has 4 aromatic rings. The van der Waals surface area contributed by atoms with Crippen LogP contribution in [0.25, 0.3) is 0 Å². The van der Waals surface area contributed by atoms with Crippen LogP contribution in [0.2, 0.25) is 5.02 Å². The fraction of sp³-hybridized carbons (Fsp3) is 0.120. The zero-order valence-corrected chi connectivity index (χ0v) is 20.5. The maximum absolute atomic E-state index is 13.4. The molecule has 4 heterocycles. The van der Waals surface area contributed by atoms with Crippen LogP contribution in [0.1, 0.15) is 17.7 Å². The Bertz CT molecular complexity index is 1360. The standard InChI is InChI=1S/C25H18ClFN4O2S2/c26-17-4-1-2-5-19(17)35-23-18(32)12-25(31-24(23)33,15-10-11-34-14-15)20-6-3-7-22(30-20)29-16-8-9-21(27)28-13-16/h1-11,13-14,23H,12H2,(H,29,30)(H,31,33). The van der Waals surface area contributed by atoms with E-state index in [1.807, 2.05) is 22.9 Å². The summed E-state index contributed by atoms with van der Waals surface area (Å²) in [5, 5.41) is 9.55. The SMILES string of the molecule is O=C1CC(c2ccsc2)(c2cccc(Nc3ccc(F)nc3)n2)NC(=O)C1Sc1ccccc1Cl. The number of carbonyl (C=O) groups excluding carboxylic acids is 2. The third-order valence-corrected chi connectivity index (χ3v) is 8.04. The van der Waals surface area contributed by atoms with E-state index in [1.165, 1.54) is 23.6 Å². The third-order valence-electron chi connectivity index (χ3n) is 5.59. The number of nitrogens with zero attached hydrogens (tertiary/aromatic N) is 2. The Labute approximate surface area is 214 Å². The summed E-state index contributed by atoms with van der Waals surface area (Å²) < 4.78 is 13.2. The van der Waals surface area contributed by atoms with Gasteiger partial charge in [-0.25, -0.2) is 9.97 Å². The molecule has 2 atom stereocenters. The highest BCUT2D eigenvalue weighted by molar-refractivity contribution is 8.01. The molecule has 1 fully saturated rings. The molecule has 1 aliphatic heterocycles. The second kappa shape index (κ2) is 9.77. The highest BCUT2D eigenvalue weighted by Crippen LogP contribution is 2.41. The quantitative estimate of drug-likeness (QED) is 0.253. The zero-order valence-electron chi connectivity index (χ0n) is 18.1. The van der Waals surface area contributed by atoms with Gasteiger partial charge in [-0.1, -0.05) is 29.8 Å². The topological polar surface area (TPSA) is 84.0 Å². The molecule has 3 aromatic heterocycles. The minimum atomic E-state index is -1.12. The minimum absolute atomic E-state index is 0.0339. The number of Topliss-reactive ketones (excluding diaryl/α,β-unsaturated/α-hetero) is 1. The lowest BCUT2D eigenvalue weighted by atomic mass is 9.79. The van der Waals surface area contributed by atoms with Crippen molar-refractivity contribution in [2.45, 2.75) is 22.1 Å². The molecule has 0 saturated carbocycles. The van der Waals surface area contributed by atoms with E-state index in [4.69, 9.17) is 16.6 Å². The van der Waals surface area contributed by atoms with E-state index < -0.39 is 22.6 Å². The third kappa shape index (κ3) is 4.80. The first-order valence-electron chi connectivity index (χ1n) is 10.6. The summed E-state index contributed by atoms with van der Waals surface area (Å²) in [6, 6.07) is 17.1. The Hall–Kier alpha value is -3.27. The van der Waals surface area contributed by atoms with Gasteiger partial charge in [0.25, 0.3) is 0 Å². The Kier molecular flexibility index (Phi) is 6.55. The van der Waals surface area contributed by atoms with Gasteiger partial charge < -0.3 is 10.6 Å². The number of ketones is 1. The van der Waals surface area contributed by atoms with Gasteiger partial charge in [0.05, 0.1) is 22.6 Å². The molecule has 0 aliphatic carbocycles. The van der Waals surface area contributed by atoms with Gasteiger partial charge in [-0.05, 0) is 58.8 Å². The Morgan fingerprint density at radius 3 is 2.69 bits per heavy atom. The van der Waals surface area contributed by atoms with Gasteiger partial charge in [0.15, 0.2) is 5.78 Å². The fourth-order valence-corrected chi connectivity index (χ4v) is 5.90. The second-order valence-corrected chi connectivity index (χ2v) is 10.2. The summed E-state index contributed by atoms with van der Waals surface area (Å²) in [5.74, 6) is -0.728. The first kappa shape index (κ1) is 23.5. The van der Waals surface area contributed by atoms with Gasteiger partial charge in [-0.15, -0.1) is 11.8 Å². The number of rotatable bonds is 6. The summed E-state index contributed by atoms with van der Waals surface area (Å²) in [6.07, 6.45) is 1.40. The summed E-state index contributed by atoms with van der Waals surface area (Å²) in [7, 11) is 0. The molecular weight excluding hydrogens is 507 g/mol. The molecular formula is C25H18ClFN4O2S2. The van der Waals surface area contributed by atoms with E-state index in [0.717, 1.165) is 17.3 Å². The van der Waals surface area contributed by atoms with E-state index in [9.17, 15) is 14.0 Å². The van der Waals surface area contributed by atoms with Crippen molar-refractivity contribution in [3.8, 4) is 0 Å². The number of amides is 1. The predicted octanol–water partition coefficient (Wildman–Crippen LogP) is 5.57. The number of benzene rings is 1. The Morgan fingerprint density at radius 1 is 1.11 bits per heavy atom. The summed E-state index contributed by atoms with van der Waals surface area (Å²) >= 11 is 8.88. The molecule has 10 heteroatoms. The Balaban J connectivity index is 1.48. The van der Waals surface area contributed by atoms with Gasteiger partial charge >= 0.3 is 0 Å². The van der Waals surface area contributed by atoms with E-state index in [1.54, 1.807) is 42.5 Å². The van der Waals surface area contributed by atoms with E-state index in [2.05, 4.69) is 15.6 Å². The zero-order chi connectivity index (χ0) is 24.4. The first-order chi connectivity index (χ1) is 16.9. The number of thiophene rings is 1. The smallest absolute Gasteiger partial charge is 0.242 e. The number of piperidine rings is 1. The fourth-order valence-electron chi connectivity index (χ4n) is 3.93. The number of hydrogen-bond donors (Lipinski definition) is 2. The number of nitrogens with one attached hydrogen (secondary N) is 2. The molecule has 1 saturated heterocycles. The number of aromatic nitrogens is 2. The summed E-state index contributed by atoms with van der Waals surface area (Å²) in [6.45, 7) is 0. The molecule has 2 unspecified atom stereocenters. The van der Waals surface area contributed by atoms with Gasteiger partial charge in [0.2, 0.25) is 11.9 Å². The van der Waals surface area contributed by atoms with Crippen LogP contribution < -0.4 is 10.6 Å². The summed E-state index contributed by atoms with van der Waals surface area (Å²) in [4.78, 5) is 35.8. The largest absolute Gasteiger partial charge is 0.339 e. The normalized spacial score (nSPS) is 19.9. The van der Waals surface area contributed by atoms with Crippen molar-refractivity contribution in [1.29, 1.82) is 0 Å². The van der Waals surface area contributed by atoms with Crippen LogP contribution in [0.5, 0.6) is 0 Å². The molecule has 1 amide bonds. The number of thioether (sulfide) groups is 1. The first-order valence-corrected chi connectivity index (χ1v) is 12.8. The Morgan fingerprint density at radius 2 is 1.97 bits per heavy atom. The highest BCUT2D eigenvalue weighted by atomic mass is 35.5. The molecule has 0 spiro atoms. The number of anilines is 2. The number of pyridine rings is 2. The van der Waals surface area contributed by atoms with Crippen LogP contribution in [0.3, 0.4) is 0 Å². The van der Waals surface area contributed by atoms with E-state index >= 15 is 0 Å². The van der Waals surface area contributed by atoms with Crippen molar-refractivity contribution in [3.63, 3.8) is 0 Å². The molecule has 2 N–H and O–H groups in total. The summed E-state index contributed by atoms with van der Waals surface area (Å²) in [5.41, 5.74) is 0.725. The van der Waals surface area contributed by atoms with Crippen molar-refractivity contribution in [3.05, 3.63) is 99.8 Å². The van der Waals surface area contributed by atoms with Gasteiger partial charge in [0.1, 0.15) is 16.6 Å². The number of carbonyl (C=O) groups is 2. The molecule has 6 nitrogen and oxygen atoms in total. The minimum Gasteiger partial charge on any atom is -0.339 e. The molecule has 0 radical (unpaired) electrons. The lowest BCUT2D eigenvalue weighted by molar-refractivity contribution is -0.133. The maximum atomic E-state index is 13.4. The number of halogens is 2. The predicted molar refractivity (Wildman–Crippen MR) is 136 cm³/mol. The van der Waals surface area contributed by atoms with Crippen LogP contribution >= 0.6 is 34.7 Å². The highest BCUT2D eigenvalue weighted by Gasteiger charge is 2.48. The van der Waals surface area contributed by atoms with Crippen molar-refractivity contribution >= 4 is 57.9 Å². The monoisotopic (exact) mass is 524 g/mol.